The fraction of sp³-hybridized carbons (Fsp3) is 0.533. The van der Waals surface area contributed by atoms with E-state index in [1.54, 1.807) is 0 Å². The maximum Gasteiger partial charge on any atom is 0.310 e. The second kappa shape index (κ2) is 6.06. The van der Waals surface area contributed by atoms with E-state index in [1.165, 1.54) is 0 Å². The van der Waals surface area contributed by atoms with Gasteiger partial charge < -0.3 is 14.7 Å². The highest BCUT2D eigenvalue weighted by Gasteiger charge is 2.33. The summed E-state index contributed by atoms with van der Waals surface area (Å²) in [6.07, 6.45) is 0.935. The van der Waals surface area contributed by atoms with Crippen LogP contribution in [0.1, 0.15) is 12.0 Å². The first-order valence-corrected chi connectivity index (χ1v) is 6.67. The Morgan fingerprint density at radius 2 is 2.26 bits per heavy atom. The summed E-state index contributed by atoms with van der Waals surface area (Å²) >= 11 is 0. The van der Waals surface area contributed by atoms with Gasteiger partial charge in [0.1, 0.15) is 12.4 Å². The number of benzene rings is 1. The fourth-order valence-corrected chi connectivity index (χ4v) is 2.60. The Hall–Kier alpha value is -1.55. The number of carboxylic acid groups (broad SMARTS) is 1. The highest BCUT2D eigenvalue weighted by molar-refractivity contribution is 5.70. The molecule has 1 aliphatic heterocycles. The van der Waals surface area contributed by atoms with E-state index >= 15 is 0 Å². The summed E-state index contributed by atoms with van der Waals surface area (Å²) in [5, 5.41) is 9.37. The number of hydrogen-bond donors (Lipinski definition) is 1. The first-order valence-electron chi connectivity index (χ1n) is 6.67. The number of rotatable bonds is 5. The molecule has 0 spiro atoms. The summed E-state index contributed by atoms with van der Waals surface area (Å²) in [6.45, 7) is 4.03. The van der Waals surface area contributed by atoms with Crippen LogP contribution in [0, 0.1) is 18.8 Å². The topological polar surface area (TPSA) is 49.8 Å². The molecule has 1 fully saturated rings. The van der Waals surface area contributed by atoms with Gasteiger partial charge in [-0.3, -0.25) is 4.79 Å². The molecule has 1 saturated heterocycles. The Bertz CT molecular complexity index is 447. The van der Waals surface area contributed by atoms with Crippen LogP contribution < -0.4 is 4.74 Å². The molecule has 0 radical (unpaired) electrons. The molecule has 0 bridgehead atoms. The van der Waals surface area contributed by atoms with Crippen LogP contribution in [0.5, 0.6) is 5.75 Å². The number of ether oxygens (including phenoxy) is 1. The van der Waals surface area contributed by atoms with Crippen LogP contribution in [0.3, 0.4) is 0 Å². The van der Waals surface area contributed by atoms with E-state index in [-0.39, 0.29) is 12.5 Å². The predicted octanol–water partition coefficient (Wildman–Crippen LogP) is 2.03. The molecule has 2 rings (SSSR count). The van der Waals surface area contributed by atoms with Gasteiger partial charge in [0.25, 0.3) is 0 Å². The van der Waals surface area contributed by atoms with E-state index in [1.807, 2.05) is 38.2 Å². The lowest BCUT2D eigenvalue weighted by Crippen LogP contribution is -2.31. The molecule has 2 unspecified atom stereocenters. The van der Waals surface area contributed by atoms with Crippen molar-refractivity contribution in [3.8, 4) is 5.75 Å². The second-order valence-corrected chi connectivity index (χ2v) is 5.33. The molecule has 104 valence electrons. The fourth-order valence-electron chi connectivity index (χ4n) is 2.60. The molecule has 1 aromatic carbocycles. The Morgan fingerprint density at radius 1 is 1.53 bits per heavy atom. The Morgan fingerprint density at radius 3 is 2.84 bits per heavy atom. The van der Waals surface area contributed by atoms with Crippen molar-refractivity contribution < 1.29 is 14.6 Å². The lowest BCUT2D eigenvalue weighted by Gasteiger charge is -2.20. The van der Waals surface area contributed by atoms with Crippen LogP contribution in [-0.4, -0.2) is 42.7 Å². The number of para-hydroxylation sites is 1. The molecule has 1 aromatic rings. The lowest BCUT2D eigenvalue weighted by molar-refractivity contribution is -0.144. The smallest absolute Gasteiger partial charge is 0.310 e. The molecule has 1 N–H and O–H groups in total. The maximum atomic E-state index is 11.4. The van der Waals surface area contributed by atoms with E-state index in [9.17, 15) is 9.90 Å². The minimum atomic E-state index is -0.756. The molecule has 2 atom stereocenters. The van der Waals surface area contributed by atoms with Crippen molar-refractivity contribution in [1.29, 1.82) is 0 Å². The molecule has 0 aliphatic carbocycles. The van der Waals surface area contributed by atoms with Crippen molar-refractivity contribution in [1.82, 2.24) is 4.90 Å². The van der Waals surface area contributed by atoms with Gasteiger partial charge in [-0.25, -0.2) is 0 Å². The van der Waals surface area contributed by atoms with Crippen LogP contribution in [-0.2, 0) is 4.79 Å². The van der Waals surface area contributed by atoms with E-state index < -0.39 is 11.9 Å². The summed E-state index contributed by atoms with van der Waals surface area (Å²) < 4.78 is 5.71. The van der Waals surface area contributed by atoms with Crippen LogP contribution in [0.2, 0.25) is 0 Å². The zero-order chi connectivity index (χ0) is 13.8. The second-order valence-electron chi connectivity index (χ2n) is 5.33. The zero-order valence-electron chi connectivity index (χ0n) is 11.5. The SMILES string of the molecule is Cc1ccccc1OCC(C(=O)O)C1CCN(C)C1. The normalized spacial score (nSPS) is 21.3. The molecule has 19 heavy (non-hydrogen) atoms. The highest BCUT2D eigenvalue weighted by Crippen LogP contribution is 2.25. The molecule has 0 saturated carbocycles. The van der Waals surface area contributed by atoms with E-state index in [2.05, 4.69) is 4.90 Å². The summed E-state index contributed by atoms with van der Waals surface area (Å²) in [7, 11) is 2.03. The number of carbonyl (C=O) groups is 1. The van der Waals surface area contributed by atoms with E-state index in [4.69, 9.17) is 4.74 Å². The zero-order valence-corrected chi connectivity index (χ0v) is 11.5. The van der Waals surface area contributed by atoms with Gasteiger partial charge in [0.2, 0.25) is 0 Å². The number of aliphatic carboxylic acids is 1. The van der Waals surface area contributed by atoms with Gasteiger partial charge >= 0.3 is 5.97 Å². The van der Waals surface area contributed by atoms with Crippen molar-refractivity contribution >= 4 is 5.97 Å². The number of nitrogens with zero attached hydrogens (tertiary/aromatic N) is 1. The van der Waals surface area contributed by atoms with E-state index in [0.29, 0.717) is 0 Å². The van der Waals surface area contributed by atoms with Crippen molar-refractivity contribution in [2.45, 2.75) is 13.3 Å². The molecule has 1 aliphatic rings. The summed E-state index contributed by atoms with van der Waals surface area (Å²) in [5.74, 6) is -0.218. The maximum absolute atomic E-state index is 11.4. The van der Waals surface area contributed by atoms with Gasteiger partial charge in [-0.05, 0) is 44.5 Å². The van der Waals surface area contributed by atoms with Crippen molar-refractivity contribution in [3.63, 3.8) is 0 Å². The summed E-state index contributed by atoms with van der Waals surface area (Å²) in [5.41, 5.74) is 1.04. The Labute approximate surface area is 114 Å². The van der Waals surface area contributed by atoms with Crippen molar-refractivity contribution in [3.05, 3.63) is 29.8 Å². The van der Waals surface area contributed by atoms with Gasteiger partial charge in [0, 0.05) is 6.54 Å². The van der Waals surface area contributed by atoms with Crippen LogP contribution in [0.25, 0.3) is 0 Å². The van der Waals surface area contributed by atoms with Crippen molar-refractivity contribution in [2.24, 2.45) is 11.8 Å². The summed E-state index contributed by atoms with van der Waals surface area (Å²) in [4.78, 5) is 13.6. The Balaban J connectivity index is 1.98. The number of carboxylic acids is 1. The average molecular weight is 263 g/mol. The molecule has 4 nitrogen and oxygen atoms in total. The monoisotopic (exact) mass is 263 g/mol. The highest BCUT2D eigenvalue weighted by atomic mass is 16.5. The average Bonchev–Trinajstić information content (AvgIpc) is 2.78. The molecule has 4 heteroatoms. The van der Waals surface area contributed by atoms with E-state index in [0.717, 1.165) is 30.8 Å². The van der Waals surface area contributed by atoms with Crippen LogP contribution in [0.15, 0.2) is 24.3 Å². The quantitative estimate of drug-likeness (QED) is 0.883. The van der Waals surface area contributed by atoms with Gasteiger partial charge in [-0.2, -0.15) is 0 Å². The van der Waals surface area contributed by atoms with Crippen molar-refractivity contribution in [2.75, 3.05) is 26.7 Å². The first kappa shape index (κ1) is 13.9. The standard InChI is InChI=1S/C15H21NO3/c1-11-5-3-4-6-14(11)19-10-13(15(17)18)12-7-8-16(2)9-12/h3-6,12-13H,7-10H2,1-2H3,(H,17,18). The van der Waals surface area contributed by atoms with Gasteiger partial charge in [0.05, 0.1) is 5.92 Å². The van der Waals surface area contributed by atoms with Gasteiger partial charge in [0.15, 0.2) is 0 Å². The number of likely N-dealkylation sites (tertiary alicyclic amines) is 1. The molecule has 0 amide bonds. The third-order valence-electron chi connectivity index (χ3n) is 3.83. The third-order valence-corrected chi connectivity index (χ3v) is 3.83. The minimum Gasteiger partial charge on any atom is -0.492 e. The number of hydrogen-bond acceptors (Lipinski definition) is 3. The number of aryl methyl sites for hydroxylation is 1. The molecule has 0 aromatic heterocycles. The Kier molecular flexibility index (Phi) is 4.43. The molecular formula is C15H21NO3. The van der Waals surface area contributed by atoms with Crippen LogP contribution in [0.4, 0.5) is 0 Å². The predicted molar refractivity (Wildman–Crippen MR) is 73.4 cm³/mol. The van der Waals surface area contributed by atoms with Gasteiger partial charge in [-0.1, -0.05) is 18.2 Å². The molecule has 1 heterocycles. The lowest BCUT2D eigenvalue weighted by atomic mass is 9.92. The summed E-state index contributed by atoms with van der Waals surface area (Å²) in [6, 6.07) is 7.70. The van der Waals surface area contributed by atoms with Gasteiger partial charge in [-0.15, -0.1) is 0 Å². The minimum absolute atomic E-state index is 0.187. The molecular weight excluding hydrogens is 242 g/mol. The van der Waals surface area contributed by atoms with Crippen LogP contribution >= 0.6 is 0 Å². The first-order chi connectivity index (χ1) is 9.08. The third kappa shape index (κ3) is 3.47. The largest absolute Gasteiger partial charge is 0.492 e.